The van der Waals surface area contributed by atoms with Crippen LogP contribution in [-0.2, 0) is 6.54 Å². The van der Waals surface area contributed by atoms with Crippen LogP contribution in [0, 0.1) is 12.8 Å². The van der Waals surface area contributed by atoms with Crippen molar-refractivity contribution in [2.45, 2.75) is 53.0 Å². The number of piperidine rings is 1. The molecule has 1 saturated heterocycles. The third-order valence-corrected chi connectivity index (χ3v) is 4.97. The van der Waals surface area contributed by atoms with Crippen molar-refractivity contribution in [3.8, 4) is 0 Å². The highest BCUT2D eigenvalue weighted by molar-refractivity contribution is 5.82. The number of aryl methyl sites for hydroxylation is 1. The number of hydrogen-bond donors (Lipinski definition) is 0. The Hall–Kier alpha value is -1.61. The Morgan fingerprint density at radius 1 is 1.30 bits per heavy atom. The number of nitrogens with zero attached hydrogens (tertiary/aromatic N) is 1. The maximum atomic E-state index is 12.0. The first-order valence-electron chi connectivity index (χ1n) is 8.73. The lowest BCUT2D eigenvalue weighted by Gasteiger charge is -2.31. The summed E-state index contributed by atoms with van der Waals surface area (Å²) in [5, 5.41) is 1.09. The molecule has 3 rings (SSSR count). The molecule has 0 bridgehead atoms. The molecule has 0 N–H and O–H groups in total. The van der Waals surface area contributed by atoms with E-state index in [2.05, 4.69) is 38.7 Å². The van der Waals surface area contributed by atoms with Gasteiger partial charge in [-0.05, 0) is 67.0 Å². The summed E-state index contributed by atoms with van der Waals surface area (Å²) in [4.78, 5) is 14.4. The van der Waals surface area contributed by atoms with Crippen molar-refractivity contribution in [1.82, 2.24) is 4.90 Å². The molecule has 2 heterocycles. The molecule has 1 aliphatic heterocycles. The molecular formula is C20H27NO2. The summed E-state index contributed by atoms with van der Waals surface area (Å²) >= 11 is 0. The quantitative estimate of drug-likeness (QED) is 0.785. The third-order valence-electron chi connectivity index (χ3n) is 4.97. The highest BCUT2D eigenvalue weighted by Crippen LogP contribution is 2.28. The van der Waals surface area contributed by atoms with Crippen LogP contribution in [0.1, 0.15) is 56.2 Å². The van der Waals surface area contributed by atoms with Gasteiger partial charge in [0, 0.05) is 24.5 Å². The van der Waals surface area contributed by atoms with Crippen molar-refractivity contribution in [2.24, 2.45) is 5.92 Å². The van der Waals surface area contributed by atoms with Crippen LogP contribution in [0.2, 0.25) is 0 Å². The van der Waals surface area contributed by atoms with Gasteiger partial charge in [-0.1, -0.05) is 20.8 Å². The molecule has 1 atom stereocenters. The average Bonchev–Trinajstić information content (AvgIpc) is 2.46. The smallest absolute Gasteiger partial charge is 0.336 e. The summed E-state index contributed by atoms with van der Waals surface area (Å²) in [5.74, 6) is 1.21. The minimum atomic E-state index is -0.241. The van der Waals surface area contributed by atoms with E-state index in [1.165, 1.54) is 24.0 Å². The highest BCUT2D eigenvalue weighted by atomic mass is 16.4. The summed E-state index contributed by atoms with van der Waals surface area (Å²) in [6.45, 7) is 11.9. The minimum absolute atomic E-state index is 0.241. The van der Waals surface area contributed by atoms with Gasteiger partial charge in [0.2, 0.25) is 0 Å². The molecule has 0 spiro atoms. The summed E-state index contributed by atoms with van der Waals surface area (Å²) in [7, 11) is 0. The Labute approximate surface area is 138 Å². The monoisotopic (exact) mass is 313 g/mol. The topological polar surface area (TPSA) is 33.5 Å². The zero-order valence-electron chi connectivity index (χ0n) is 14.7. The fourth-order valence-electron chi connectivity index (χ4n) is 3.82. The van der Waals surface area contributed by atoms with Crippen LogP contribution in [0.4, 0.5) is 0 Å². The second-order valence-corrected chi connectivity index (χ2v) is 7.43. The van der Waals surface area contributed by atoms with E-state index in [1.807, 2.05) is 6.07 Å². The van der Waals surface area contributed by atoms with Crippen LogP contribution in [0.5, 0.6) is 0 Å². The van der Waals surface area contributed by atoms with Crippen LogP contribution in [-0.4, -0.2) is 18.0 Å². The van der Waals surface area contributed by atoms with E-state index in [0.29, 0.717) is 5.92 Å². The average molecular weight is 313 g/mol. The van der Waals surface area contributed by atoms with Crippen LogP contribution in [0.3, 0.4) is 0 Å². The molecule has 1 aromatic heterocycles. The number of likely N-dealkylation sites (tertiary alicyclic amines) is 1. The van der Waals surface area contributed by atoms with Gasteiger partial charge in [0.05, 0.1) is 0 Å². The standard InChI is InChI=1S/C20H27NO2/c1-13(2)17-10-18-16(12-21-7-5-6-14(3)11-21)9-20(22)23-19(18)8-15(17)4/h8-10,13-14H,5-7,11-12H2,1-4H3/t14-/m0/s1. The third kappa shape index (κ3) is 3.50. The van der Waals surface area contributed by atoms with E-state index in [0.717, 1.165) is 42.1 Å². The van der Waals surface area contributed by atoms with Crippen molar-refractivity contribution in [3.63, 3.8) is 0 Å². The van der Waals surface area contributed by atoms with E-state index in [1.54, 1.807) is 6.07 Å². The van der Waals surface area contributed by atoms with Crippen LogP contribution in [0.15, 0.2) is 27.4 Å². The first kappa shape index (κ1) is 16.3. The van der Waals surface area contributed by atoms with Gasteiger partial charge < -0.3 is 4.42 Å². The number of fused-ring (bicyclic) bond motifs is 1. The molecular weight excluding hydrogens is 286 g/mol. The highest BCUT2D eigenvalue weighted by Gasteiger charge is 2.18. The minimum Gasteiger partial charge on any atom is -0.423 e. The lowest BCUT2D eigenvalue weighted by Crippen LogP contribution is -2.34. The Morgan fingerprint density at radius 3 is 2.78 bits per heavy atom. The van der Waals surface area contributed by atoms with Crippen LogP contribution < -0.4 is 5.63 Å². The van der Waals surface area contributed by atoms with Crippen molar-refractivity contribution in [2.75, 3.05) is 13.1 Å². The fraction of sp³-hybridized carbons (Fsp3) is 0.550. The second kappa shape index (κ2) is 6.48. The number of hydrogen-bond acceptors (Lipinski definition) is 3. The maximum absolute atomic E-state index is 12.0. The van der Waals surface area contributed by atoms with Crippen molar-refractivity contribution < 1.29 is 4.42 Å². The van der Waals surface area contributed by atoms with Crippen LogP contribution >= 0.6 is 0 Å². The van der Waals surface area contributed by atoms with Crippen molar-refractivity contribution >= 4 is 11.0 Å². The molecule has 1 aliphatic rings. The second-order valence-electron chi connectivity index (χ2n) is 7.43. The molecule has 0 radical (unpaired) electrons. The molecule has 3 nitrogen and oxygen atoms in total. The van der Waals surface area contributed by atoms with Gasteiger partial charge in [0.25, 0.3) is 0 Å². The van der Waals surface area contributed by atoms with E-state index in [4.69, 9.17) is 4.42 Å². The number of rotatable bonds is 3. The van der Waals surface area contributed by atoms with Crippen molar-refractivity contribution in [3.05, 3.63) is 45.3 Å². The summed E-state index contributed by atoms with van der Waals surface area (Å²) in [5.41, 5.74) is 4.11. The summed E-state index contributed by atoms with van der Waals surface area (Å²) in [6.07, 6.45) is 2.56. The summed E-state index contributed by atoms with van der Waals surface area (Å²) in [6, 6.07) is 5.93. The Bertz CT molecular complexity index is 760. The summed E-state index contributed by atoms with van der Waals surface area (Å²) < 4.78 is 5.45. The predicted octanol–water partition coefficient (Wildman–Crippen LogP) is 4.46. The van der Waals surface area contributed by atoms with Gasteiger partial charge in [0.15, 0.2) is 0 Å². The molecule has 1 fully saturated rings. The molecule has 3 heteroatoms. The van der Waals surface area contributed by atoms with E-state index < -0.39 is 0 Å². The molecule has 0 unspecified atom stereocenters. The van der Waals surface area contributed by atoms with Crippen molar-refractivity contribution in [1.29, 1.82) is 0 Å². The van der Waals surface area contributed by atoms with Gasteiger partial charge in [-0.2, -0.15) is 0 Å². The lowest BCUT2D eigenvalue weighted by atomic mass is 9.94. The number of benzene rings is 1. The molecule has 23 heavy (non-hydrogen) atoms. The van der Waals surface area contributed by atoms with Gasteiger partial charge in [0.1, 0.15) is 5.58 Å². The molecule has 0 saturated carbocycles. The normalized spacial score (nSPS) is 19.6. The molecule has 0 amide bonds. The Kier molecular flexibility index (Phi) is 4.58. The van der Waals surface area contributed by atoms with E-state index in [9.17, 15) is 4.79 Å². The largest absolute Gasteiger partial charge is 0.423 e. The zero-order valence-corrected chi connectivity index (χ0v) is 14.7. The Morgan fingerprint density at radius 2 is 2.09 bits per heavy atom. The fourth-order valence-corrected chi connectivity index (χ4v) is 3.82. The molecule has 124 valence electrons. The van der Waals surface area contributed by atoms with Crippen LogP contribution in [0.25, 0.3) is 11.0 Å². The van der Waals surface area contributed by atoms with Gasteiger partial charge >= 0.3 is 5.63 Å². The molecule has 0 aliphatic carbocycles. The van der Waals surface area contributed by atoms with Gasteiger partial charge in [-0.25, -0.2) is 4.79 Å². The van der Waals surface area contributed by atoms with Gasteiger partial charge in [-0.15, -0.1) is 0 Å². The Balaban J connectivity index is 2.04. The molecule has 2 aromatic rings. The molecule has 1 aromatic carbocycles. The van der Waals surface area contributed by atoms with E-state index >= 15 is 0 Å². The SMILES string of the molecule is Cc1cc2oc(=O)cc(CN3CCC[C@H](C)C3)c2cc1C(C)C. The lowest BCUT2D eigenvalue weighted by molar-refractivity contribution is 0.177. The maximum Gasteiger partial charge on any atom is 0.336 e. The van der Waals surface area contributed by atoms with Gasteiger partial charge in [-0.3, -0.25) is 4.90 Å². The predicted molar refractivity (Wildman–Crippen MR) is 95.0 cm³/mol. The zero-order chi connectivity index (χ0) is 16.6. The first-order valence-corrected chi connectivity index (χ1v) is 8.73. The first-order chi connectivity index (χ1) is 10.9. The van der Waals surface area contributed by atoms with E-state index in [-0.39, 0.29) is 5.63 Å².